The number of piperidine rings is 1. The number of carbonyl (C=O) groups is 1. The number of nitrogens with zero attached hydrogens (tertiary/aromatic N) is 2. The van der Waals surface area contributed by atoms with E-state index in [2.05, 4.69) is 21.3 Å². The SMILES string of the molecule is O=C(CSc1nc2ccccc2s1)NC1CCN(C2CC2)CC1. The molecule has 122 valence electrons. The van der Waals surface area contributed by atoms with Crippen molar-refractivity contribution in [3.05, 3.63) is 24.3 Å². The lowest BCUT2D eigenvalue weighted by molar-refractivity contribution is -0.119. The molecule has 4 rings (SSSR count). The van der Waals surface area contributed by atoms with Gasteiger partial charge in [-0.2, -0.15) is 0 Å². The Kier molecular flexibility index (Phi) is 4.55. The summed E-state index contributed by atoms with van der Waals surface area (Å²) in [6.45, 7) is 2.28. The number of benzene rings is 1. The molecule has 1 aliphatic heterocycles. The first-order valence-corrected chi connectivity index (χ1v) is 10.1. The zero-order chi connectivity index (χ0) is 15.6. The fourth-order valence-electron chi connectivity index (χ4n) is 3.16. The molecular weight excluding hydrogens is 326 g/mol. The molecule has 1 N–H and O–H groups in total. The third-order valence-corrected chi connectivity index (χ3v) is 6.74. The molecule has 2 fully saturated rings. The van der Waals surface area contributed by atoms with Gasteiger partial charge in [0, 0.05) is 25.2 Å². The third-order valence-electron chi connectivity index (χ3n) is 4.56. The number of hydrogen-bond donors (Lipinski definition) is 1. The number of amides is 1. The second-order valence-corrected chi connectivity index (χ2v) is 8.60. The Labute approximate surface area is 144 Å². The van der Waals surface area contributed by atoms with Crippen LogP contribution in [0.25, 0.3) is 10.2 Å². The van der Waals surface area contributed by atoms with Crippen LogP contribution < -0.4 is 5.32 Å². The van der Waals surface area contributed by atoms with E-state index in [1.807, 2.05) is 18.2 Å². The Morgan fingerprint density at radius 1 is 1.26 bits per heavy atom. The number of thioether (sulfide) groups is 1. The molecule has 0 spiro atoms. The molecule has 1 aromatic carbocycles. The van der Waals surface area contributed by atoms with E-state index >= 15 is 0 Å². The van der Waals surface area contributed by atoms with E-state index in [9.17, 15) is 4.79 Å². The van der Waals surface area contributed by atoms with Crippen molar-refractivity contribution in [3.8, 4) is 0 Å². The number of likely N-dealkylation sites (tertiary alicyclic amines) is 1. The number of nitrogens with one attached hydrogen (secondary N) is 1. The summed E-state index contributed by atoms with van der Waals surface area (Å²) in [4.78, 5) is 19.3. The molecule has 2 heterocycles. The highest BCUT2D eigenvalue weighted by molar-refractivity contribution is 8.01. The standard InChI is InChI=1S/C17H21N3OS2/c21-16(18-12-7-9-20(10-8-12)13-5-6-13)11-22-17-19-14-3-1-2-4-15(14)23-17/h1-4,12-13H,5-11H2,(H,18,21). The fourth-order valence-corrected chi connectivity index (χ4v) is 5.04. The molecule has 0 atom stereocenters. The van der Waals surface area contributed by atoms with Crippen molar-refractivity contribution >= 4 is 39.2 Å². The first kappa shape index (κ1) is 15.4. The second kappa shape index (κ2) is 6.79. The minimum Gasteiger partial charge on any atom is -0.353 e. The third kappa shape index (κ3) is 3.87. The average Bonchev–Trinajstić information content (AvgIpc) is 3.33. The van der Waals surface area contributed by atoms with Crippen LogP contribution in [0.4, 0.5) is 0 Å². The lowest BCUT2D eigenvalue weighted by Gasteiger charge is -2.32. The molecule has 1 amide bonds. The maximum Gasteiger partial charge on any atom is 0.230 e. The smallest absolute Gasteiger partial charge is 0.230 e. The van der Waals surface area contributed by atoms with Crippen molar-refractivity contribution in [2.75, 3.05) is 18.8 Å². The maximum atomic E-state index is 12.2. The molecule has 1 aliphatic carbocycles. The van der Waals surface area contributed by atoms with Gasteiger partial charge in [0.15, 0.2) is 4.34 Å². The predicted molar refractivity (Wildman–Crippen MR) is 96.1 cm³/mol. The molecule has 2 aliphatic rings. The lowest BCUT2D eigenvalue weighted by Crippen LogP contribution is -2.45. The van der Waals surface area contributed by atoms with Crippen molar-refractivity contribution < 1.29 is 4.79 Å². The maximum absolute atomic E-state index is 12.2. The molecule has 0 bridgehead atoms. The van der Waals surface area contributed by atoms with Crippen LogP contribution in [0.5, 0.6) is 0 Å². The van der Waals surface area contributed by atoms with Gasteiger partial charge in [-0.1, -0.05) is 23.9 Å². The Bertz CT molecular complexity index is 657. The van der Waals surface area contributed by atoms with Crippen molar-refractivity contribution in [1.29, 1.82) is 0 Å². The summed E-state index contributed by atoms with van der Waals surface area (Å²) in [5, 5.41) is 3.19. The van der Waals surface area contributed by atoms with Crippen LogP contribution in [-0.4, -0.2) is 46.7 Å². The number of rotatable bonds is 5. The molecule has 1 aromatic heterocycles. The van der Waals surface area contributed by atoms with Crippen molar-refractivity contribution in [2.24, 2.45) is 0 Å². The number of thiazole rings is 1. The summed E-state index contributed by atoms with van der Waals surface area (Å²) in [5.41, 5.74) is 1.02. The van der Waals surface area contributed by atoms with Gasteiger partial charge in [0.2, 0.25) is 5.91 Å². The normalized spacial score (nSPS) is 20.0. The highest BCUT2D eigenvalue weighted by atomic mass is 32.2. The average molecular weight is 348 g/mol. The van der Waals surface area contributed by atoms with Crippen LogP contribution in [0.1, 0.15) is 25.7 Å². The molecule has 0 unspecified atom stereocenters. The molecule has 2 aromatic rings. The highest BCUT2D eigenvalue weighted by Crippen LogP contribution is 2.30. The van der Waals surface area contributed by atoms with E-state index in [0.29, 0.717) is 11.8 Å². The van der Waals surface area contributed by atoms with Gasteiger partial charge in [0.1, 0.15) is 0 Å². The van der Waals surface area contributed by atoms with Crippen molar-refractivity contribution in [2.45, 2.75) is 42.1 Å². The van der Waals surface area contributed by atoms with Gasteiger partial charge in [-0.05, 0) is 37.8 Å². The van der Waals surface area contributed by atoms with Gasteiger partial charge in [0.05, 0.1) is 16.0 Å². The summed E-state index contributed by atoms with van der Waals surface area (Å²) in [7, 11) is 0. The van der Waals surface area contributed by atoms with E-state index < -0.39 is 0 Å². The van der Waals surface area contributed by atoms with Gasteiger partial charge in [0.25, 0.3) is 0 Å². The van der Waals surface area contributed by atoms with Crippen LogP contribution in [0.2, 0.25) is 0 Å². The number of hydrogen-bond acceptors (Lipinski definition) is 5. The lowest BCUT2D eigenvalue weighted by atomic mass is 10.1. The number of fused-ring (bicyclic) bond motifs is 1. The van der Waals surface area contributed by atoms with Crippen LogP contribution >= 0.6 is 23.1 Å². The summed E-state index contributed by atoms with van der Waals surface area (Å²) in [6, 6.07) is 9.32. The summed E-state index contributed by atoms with van der Waals surface area (Å²) >= 11 is 3.20. The van der Waals surface area contributed by atoms with E-state index in [0.717, 1.165) is 41.8 Å². The van der Waals surface area contributed by atoms with E-state index in [-0.39, 0.29) is 5.91 Å². The molecule has 23 heavy (non-hydrogen) atoms. The van der Waals surface area contributed by atoms with Gasteiger partial charge in [-0.25, -0.2) is 4.98 Å². The number of carbonyl (C=O) groups excluding carboxylic acids is 1. The summed E-state index contributed by atoms with van der Waals surface area (Å²) in [5.74, 6) is 0.599. The zero-order valence-electron chi connectivity index (χ0n) is 13.0. The molecule has 1 saturated heterocycles. The Morgan fingerprint density at radius 2 is 2.04 bits per heavy atom. The van der Waals surface area contributed by atoms with Gasteiger partial charge in [-0.15, -0.1) is 11.3 Å². The first-order chi connectivity index (χ1) is 11.3. The summed E-state index contributed by atoms with van der Waals surface area (Å²) in [6.07, 6.45) is 4.92. The monoisotopic (exact) mass is 347 g/mol. The largest absolute Gasteiger partial charge is 0.353 e. The highest BCUT2D eigenvalue weighted by Gasteiger charge is 2.32. The first-order valence-electron chi connectivity index (χ1n) is 8.30. The van der Waals surface area contributed by atoms with Crippen LogP contribution in [-0.2, 0) is 4.79 Å². The Balaban J connectivity index is 1.24. The van der Waals surface area contributed by atoms with E-state index in [1.165, 1.54) is 17.5 Å². The minimum absolute atomic E-state index is 0.138. The second-order valence-electron chi connectivity index (χ2n) is 6.35. The van der Waals surface area contributed by atoms with Gasteiger partial charge >= 0.3 is 0 Å². The summed E-state index contributed by atoms with van der Waals surface area (Å²) < 4.78 is 2.16. The van der Waals surface area contributed by atoms with Crippen LogP contribution in [0.3, 0.4) is 0 Å². The molecule has 0 radical (unpaired) electrons. The predicted octanol–water partition coefficient (Wildman–Crippen LogP) is 3.13. The van der Waals surface area contributed by atoms with Crippen LogP contribution in [0.15, 0.2) is 28.6 Å². The Morgan fingerprint density at radius 3 is 2.78 bits per heavy atom. The topological polar surface area (TPSA) is 45.2 Å². The van der Waals surface area contributed by atoms with E-state index in [1.54, 1.807) is 23.1 Å². The molecule has 1 saturated carbocycles. The van der Waals surface area contributed by atoms with Crippen LogP contribution in [0, 0.1) is 0 Å². The van der Waals surface area contributed by atoms with Crippen molar-refractivity contribution in [3.63, 3.8) is 0 Å². The fraction of sp³-hybridized carbons (Fsp3) is 0.529. The molecule has 6 heteroatoms. The van der Waals surface area contributed by atoms with Crippen molar-refractivity contribution in [1.82, 2.24) is 15.2 Å². The number of aromatic nitrogens is 1. The Hall–Kier alpha value is -1.11. The number of para-hydroxylation sites is 1. The van der Waals surface area contributed by atoms with Gasteiger partial charge < -0.3 is 10.2 Å². The molecular formula is C17H21N3OS2. The quantitative estimate of drug-likeness (QED) is 0.844. The van der Waals surface area contributed by atoms with E-state index in [4.69, 9.17) is 0 Å². The van der Waals surface area contributed by atoms with Gasteiger partial charge in [-0.3, -0.25) is 4.79 Å². The minimum atomic E-state index is 0.138. The molecule has 4 nitrogen and oxygen atoms in total. The zero-order valence-corrected chi connectivity index (χ0v) is 14.7.